The number of rotatable bonds is 10. The van der Waals surface area contributed by atoms with E-state index in [1.165, 1.54) is 28.8 Å². The number of halogens is 2. The first kappa shape index (κ1) is 27.4. The maximum Gasteiger partial charge on any atom is 0.243 e. The van der Waals surface area contributed by atoms with Gasteiger partial charge in [0.1, 0.15) is 17.7 Å². The normalized spacial score (nSPS) is 12.1. The fourth-order valence-electron chi connectivity index (χ4n) is 3.76. The van der Waals surface area contributed by atoms with E-state index in [4.69, 9.17) is 0 Å². The van der Waals surface area contributed by atoms with E-state index in [9.17, 15) is 18.4 Å². The first-order valence-corrected chi connectivity index (χ1v) is 13.0. The molecular weight excluding hydrogens is 478 g/mol. The van der Waals surface area contributed by atoms with Crippen LogP contribution in [0.2, 0.25) is 0 Å². The predicted molar refractivity (Wildman–Crippen MR) is 141 cm³/mol. The lowest BCUT2D eigenvalue weighted by atomic mass is 10.0. The summed E-state index contributed by atoms with van der Waals surface area (Å²) >= 11 is 1.26. The molecule has 0 aliphatic carbocycles. The molecule has 0 bridgehead atoms. The zero-order chi connectivity index (χ0) is 26.1. The van der Waals surface area contributed by atoms with Gasteiger partial charge in [-0.15, -0.1) is 11.8 Å². The number of carbonyl (C=O) groups excluding carboxylic acids is 2. The third kappa shape index (κ3) is 8.19. The van der Waals surface area contributed by atoms with Gasteiger partial charge in [0.25, 0.3) is 0 Å². The minimum atomic E-state index is -0.854. The van der Waals surface area contributed by atoms with Gasteiger partial charge < -0.3 is 10.2 Å². The van der Waals surface area contributed by atoms with Gasteiger partial charge in [-0.05, 0) is 44.0 Å². The van der Waals surface area contributed by atoms with Crippen molar-refractivity contribution in [1.29, 1.82) is 0 Å². The summed E-state index contributed by atoms with van der Waals surface area (Å²) < 4.78 is 28.6. The fourth-order valence-corrected chi connectivity index (χ4v) is 4.66. The lowest BCUT2D eigenvalue weighted by molar-refractivity contribution is -0.140. The minimum absolute atomic E-state index is 0.0247. The summed E-state index contributed by atoms with van der Waals surface area (Å²) in [5.41, 5.74) is 1.20. The van der Waals surface area contributed by atoms with Crippen molar-refractivity contribution >= 4 is 23.6 Å². The maximum absolute atomic E-state index is 14.6. The third-order valence-electron chi connectivity index (χ3n) is 5.51. The number of benzene rings is 3. The lowest BCUT2D eigenvalue weighted by Crippen LogP contribution is -2.54. The van der Waals surface area contributed by atoms with Gasteiger partial charge >= 0.3 is 0 Å². The van der Waals surface area contributed by atoms with Crippen molar-refractivity contribution in [2.45, 2.75) is 51.1 Å². The summed E-state index contributed by atoms with van der Waals surface area (Å²) in [5.74, 6) is -1.06. The molecule has 3 aromatic carbocycles. The van der Waals surface area contributed by atoms with Gasteiger partial charge in [0.05, 0.1) is 5.75 Å². The van der Waals surface area contributed by atoms with Crippen LogP contribution in [0.5, 0.6) is 0 Å². The van der Waals surface area contributed by atoms with Crippen LogP contribution in [0, 0.1) is 11.6 Å². The number of thioether (sulfide) groups is 1. The highest BCUT2D eigenvalue weighted by atomic mass is 32.2. The second kappa shape index (κ2) is 12.7. The van der Waals surface area contributed by atoms with Crippen LogP contribution < -0.4 is 5.32 Å². The summed E-state index contributed by atoms with van der Waals surface area (Å²) in [7, 11) is 0. The molecule has 0 fully saturated rings. The Balaban J connectivity index is 1.89. The van der Waals surface area contributed by atoms with Crippen molar-refractivity contribution in [3.63, 3.8) is 0 Å². The summed E-state index contributed by atoms with van der Waals surface area (Å²) in [6, 6.07) is 21.3. The number of nitrogens with zero attached hydrogens (tertiary/aromatic N) is 1. The molecule has 3 rings (SSSR count). The van der Waals surface area contributed by atoms with E-state index in [0.717, 1.165) is 5.56 Å². The van der Waals surface area contributed by atoms with Gasteiger partial charge in [0, 0.05) is 29.8 Å². The van der Waals surface area contributed by atoms with E-state index < -0.39 is 17.4 Å². The van der Waals surface area contributed by atoms with E-state index in [0.29, 0.717) is 16.9 Å². The fraction of sp³-hybridized carbons (Fsp3) is 0.310. The average Bonchev–Trinajstić information content (AvgIpc) is 2.83. The average molecular weight is 511 g/mol. The molecule has 1 atom stereocenters. The molecule has 0 spiro atoms. The van der Waals surface area contributed by atoms with Crippen molar-refractivity contribution < 1.29 is 18.4 Å². The predicted octanol–water partition coefficient (Wildman–Crippen LogP) is 5.75. The van der Waals surface area contributed by atoms with Gasteiger partial charge in [0.15, 0.2) is 0 Å². The molecule has 7 heteroatoms. The van der Waals surface area contributed by atoms with Gasteiger partial charge in [0.2, 0.25) is 11.8 Å². The molecule has 0 saturated carbocycles. The Morgan fingerprint density at radius 3 is 2.00 bits per heavy atom. The first-order chi connectivity index (χ1) is 17.1. The monoisotopic (exact) mass is 510 g/mol. The molecule has 3 aromatic rings. The van der Waals surface area contributed by atoms with Gasteiger partial charge in [-0.1, -0.05) is 66.7 Å². The molecule has 4 nitrogen and oxygen atoms in total. The Bertz CT molecular complexity index is 1170. The maximum atomic E-state index is 14.6. The molecule has 0 radical (unpaired) electrons. The largest absolute Gasteiger partial charge is 0.350 e. The number of carbonyl (C=O) groups is 2. The zero-order valence-electron chi connectivity index (χ0n) is 20.8. The standard InChI is InChI=1S/C29H32F2N2O2S/c1-29(2,3)32-28(35)26(17-21-11-5-4-6-12-21)33(18-22-13-7-9-15-24(22)30)27(34)20-36-19-23-14-8-10-16-25(23)31/h4-16,26H,17-20H2,1-3H3,(H,32,35)/t26-/m0/s1. The van der Waals surface area contributed by atoms with E-state index >= 15 is 0 Å². The van der Waals surface area contributed by atoms with Crippen molar-refractivity contribution in [1.82, 2.24) is 10.2 Å². The van der Waals surface area contributed by atoms with Crippen LogP contribution in [0.15, 0.2) is 78.9 Å². The smallest absolute Gasteiger partial charge is 0.243 e. The van der Waals surface area contributed by atoms with E-state index in [-0.39, 0.29) is 36.4 Å². The molecule has 0 heterocycles. The molecule has 1 N–H and O–H groups in total. The molecule has 0 aliphatic rings. The second-order valence-electron chi connectivity index (χ2n) is 9.64. The Morgan fingerprint density at radius 1 is 0.861 bits per heavy atom. The summed E-state index contributed by atoms with van der Waals surface area (Å²) in [6.07, 6.45) is 0.279. The van der Waals surface area contributed by atoms with Crippen molar-refractivity contribution in [3.8, 4) is 0 Å². The quantitative estimate of drug-likeness (QED) is 0.378. The van der Waals surface area contributed by atoms with E-state index in [1.54, 1.807) is 36.4 Å². The van der Waals surface area contributed by atoms with Crippen molar-refractivity contribution in [2.75, 3.05) is 5.75 Å². The highest BCUT2D eigenvalue weighted by molar-refractivity contribution is 7.99. The molecule has 0 aliphatic heterocycles. The van der Waals surface area contributed by atoms with Crippen LogP contribution in [0.4, 0.5) is 8.78 Å². The number of hydrogen-bond donors (Lipinski definition) is 1. The number of nitrogens with one attached hydrogen (secondary N) is 1. The highest BCUT2D eigenvalue weighted by Gasteiger charge is 2.32. The van der Waals surface area contributed by atoms with Crippen LogP contribution >= 0.6 is 11.8 Å². The number of amides is 2. The summed E-state index contributed by atoms with van der Waals surface area (Å²) in [5, 5.41) is 2.98. The van der Waals surface area contributed by atoms with Gasteiger partial charge in [-0.3, -0.25) is 9.59 Å². The molecule has 190 valence electrons. The number of hydrogen-bond acceptors (Lipinski definition) is 3. The molecular formula is C29H32F2N2O2S. The first-order valence-electron chi connectivity index (χ1n) is 11.8. The lowest BCUT2D eigenvalue weighted by Gasteiger charge is -2.34. The minimum Gasteiger partial charge on any atom is -0.350 e. The topological polar surface area (TPSA) is 49.4 Å². The van der Waals surface area contributed by atoms with Crippen LogP contribution in [0.3, 0.4) is 0 Å². The van der Waals surface area contributed by atoms with E-state index in [2.05, 4.69) is 5.32 Å². The molecule has 0 unspecified atom stereocenters. The van der Waals surface area contributed by atoms with Crippen LogP contribution in [-0.4, -0.2) is 34.0 Å². The Morgan fingerprint density at radius 2 is 1.42 bits per heavy atom. The van der Waals surface area contributed by atoms with Gasteiger partial charge in [-0.2, -0.15) is 0 Å². The highest BCUT2D eigenvalue weighted by Crippen LogP contribution is 2.21. The zero-order valence-corrected chi connectivity index (χ0v) is 21.7. The molecule has 0 aromatic heterocycles. The van der Waals surface area contributed by atoms with Crippen molar-refractivity contribution in [3.05, 3.63) is 107 Å². The van der Waals surface area contributed by atoms with Gasteiger partial charge in [-0.25, -0.2) is 8.78 Å². The molecule has 2 amide bonds. The Labute approximate surface area is 216 Å². The second-order valence-corrected chi connectivity index (χ2v) is 10.6. The van der Waals surface area contributed by atoms with Crippen LogP contribution in [0.25, 0.3) is 0 Å². The van der Waals surface area contributed by atoms with E-state index in [1.807, 2.05) is 51.1 Å². The summed E-state index contributed by atoms with van der Waals surface area (Å²) in [4.78, 5) is 28.5. The Hall–Kier alpha value is -3.19. The van der Waals surface area contributed by atoms with Crippen molar-refractivity contribution in [2.24, 2.45) is 0 Å². The van der Waals surface area contributed by atoms with Crippen LogP contribution in [0.1, 0.15) is 37.5 Å². The molecule has 0 saturated heterocycles. The van der Waals surface area contributed by atoms with Crippen LogP contribution in [-0.2, 0) is 28.3 Å². The summed E-state index contributed by atoms with van der Waals surface area (Å²) in [6.45, 7) is 5.56. The Kier molecular flexibility index (Phi) is 9.65. The third-order valence-corrected chi connectivity index (χ3v) is 6.47. The SMILES string of the molecule is CC(C)(C)NC(=O)[C@H](Cc1ccccc1)N(Cc1ccccc1F)C(=O)CSCc1ccccc1F. The molecule has 36 heavy (non-hydrogen) atoms.